The van der Waals surface area contributed by atoms with Crippen molar-refractivity contribution in [1.29, 1.82) is 0 Å². The van der Waals surface area contributed by atoms with Crippen molar-refractivity contribution in [3.05, 3.63) is 53.0 Å². The van der Waals surface area contributed by atoms with Crippen molar-refractivity contribution in [2.75, 3.05) is 18.2 Å². The highest BCUT2D eigenvalue weighted by Gasteiger charge is 2.11. The van der Waals surface area contributed by atoms with Crippen molar-refractivity contribution in [1.82, 2.24) is 10.2 Å². The largest absolute Gasteiger partial charge is 0.497 e. The van der Waals surface area contributed by atoms with Gasteiger partial charge in [-0.2, -0.15) is 0 Å². The Morgan fingerprint density at radius 3 is 2.59 bits per heavy atom. The Kier molecular flexibility index (Phi) is 6.89. The molecule has 0 saturated heterocycles. The standard InChI is InChI=1S/C19H18BrN3O3S/c1-25-15-8-10-16(11-9-15)27-12-2-3-17(24)21-19-23-22-18(26-19)13-4-6-14(20)7-5-13/h4-11H,2-3,12H2,1H3,(H,21,23,24). The molecule has 0 unspecified atom stereocenters. The third-order valence-electron chi connectivity index (χ3n) is 3.64. The number of hydrogen-bond acceptors (Lipinski definition) is 6. The van der Waals surface area contributed by atoms with Crippen molar-refractivity contribution in [2.24, 2.45) is 0 Å². The van der Waals surface area contributed by atoms with E-state index in [4.69, 9.17) is 9.15 Å². The van der Waals surface area contributed by atoms with Crippen LogP contribution in [0.3, 0.4) is 0 Å². The van der Waals surface area contributed by atoms with Crippen LogP contribution >= 0.6 is 27.7 Å². The molecule has 6 nitrogen and oxygen atoms in total. The summed E-state index contributed by atoms with van der Waals surface area (Å²) in [5.41, 5.74) is 0.794. The molecular weight excluding hydrogens is 430 g/mol. The monoisotopic (exact) mass is 447 g/mol. The summed E-state index contributed by atoms with van der Waals surface area (Å²) in [6, 6.07) is 15.5. The number of ether oxygens (including phenoxy) is 1. The lowest BCUT2D eigenvalue weighted by Crippen LogP contribution is -2.11. The fraction of sp³-hybridized carbons (Fsp3) is 0.211. The Hall–Kier alpha value is -2.32. The number of aromatic nitrogens is 2. The van der Waals surface area contributed by atoms with Gasteiger partial charge in [0.1, 0.15) is 5.75 Å². The second-order valence-corrected chi connectivity index (χ2v) is 7.68. The third-order valence-corrected chi connectivity index (χ3v) is 5.27. The van der Waals surface area contributed by atoms with Gasteiger partial charge in [-0.05, 0) is 60.7 Å². The molecule has 0 saturated carbocycles. The summed E-state index contributed by atoms with van der Waals surface area (Å²) in [5, 5.41) is 10.5. The topological polar surface area (TPSA) is 77.2 Å². The van der Waals surface area contributed by atoms with Gasteiger partial charge in [0.25, 0.3) is 0 Å². The molecule has 1 aromatic heterocycles. The van der Waals surface area contributed by atoms with Gasteiger partial charge < -0.3 is 9.15 Å². The minimum atomic E-state index is -0.142. The zero-order chi connectivity index (χ0) is 19.1. The lowest BCUT2D eigenvalue weighted by atomic mass is 10.2. The van der Waals surface area contributed by atoms with E-state index in [9.17, 15) is 4.79 Å². The molecule has 3 aromatic rings. The third kappa shape index (κ3) is 5.83. The van der Waals surface area contributed by atoms with Crippen LogP contribution in [-0.2, 0) is 4.79 Å². The number of thioether (sulfide) groups is 1. The zero-order valence-corrected chi connectivity index (χ0v) is 17.0. The number of nitrogens with zero attached hydrogens (tertiary/aromatic N) is 2. The van der Waals surface area contributed by atoms with E-state index in [-0.39, 0.29) is 11.9 Å². The molecule has 0 fully saturated rings. The quantitative estimate of drug-likeness (QED) is 0.385. The molecule has 1 amide bonds. The van der Waals surface area contributed by atoms with E-state index < -0.39 is 0 Å². The number of halogens is 1. The first-order valence-electron chi connectivity index (χ1n) is 8.30. The number of hydrogen-bond donors (Lipinski definition) is 1. The number of amides is 1. The highest BCUT2D eigenvalue weighted by Crippen LogP contribution is 2.23. The molecule has 0 aliphatic heterocycles. The van der Waals surface area contributed by atoms with E-state index in [1.807, 2.05) is 48.5 Å². The molecule has 0 bridgehead atoms. The molecular formula is C19H18BrN3O3S. The Morgan fingerprint density at radius 1 is 1.15 bits per heavy atom. The maximum Gasteiger partial charge on any atom is 0.322 e. The van der Waals surface area contributed by atoms with Crippen molar-refractivity contribution in [3.63, 3.8) is 0 Å². The molecule has 8 heteroatoms. The summed E-state index contributed by atoms with van der Waals surface area (Å²) in [5.74, 6) is 1.90. The molecule has 140 valence electrons. The van der Waals surface area contributed by atoms with Crippen molar-refractivity contribution < 1.29 is 13.9 Å². The van der Waals surface area contributed by atoms with Gasteiger partial charge in [-0.3, -0.25) is 10.1 Å². The van der Waals surface area contributed by atoms with E-state index in [1.165, 1.54) is 0 Å². The molecule has 0 spiro atoms. The second kappa shape index (κ2) is 9.57. The van der Waals surface area contributed by atoms with E-state index in [0.29, 0.717) is 12.3 Å². The molecule has 0 aliphatic rings. The predicted octanol–water partition coefficient (Wildman–Crippen LogP) is 5.02. The summed E-state index contributed by atoms with van der Waals surface area (Å²) in [6.45, 7) is 0. The molecule has 0 aliphatic carbocycles. The molecule has 0 atom stereocenters. The van der Waals surface area contributed by atoms with Gasteiger partial charge in [-0.1, -0.05) is 21.0 Å². The van der Waals surface area contributed by atoms with E-state index in [1.54, 1.807) is 18.9 Å². The normalized spacial score (nSPS) is 10.6. The van der Waals surface area contributed by atoms with E-state index >= 15 is 0 Å². The Labute approximate surface area is 169 Å². The van der Waals surface area contributed by atoms with Crippen LogP contribution in [0.15, 0.2) is 62.3 Å². The Morgan fingerprint density at radius 2 is 1.89 bits per heavy atom. The zero-order valence-electron chi connectivity index (χ0n) is 14.6. The van der Waals surface area contributed by atoms with Crippen LogP contribution in [0.25, 0.3) is 11.5 Å². The van der Waals surface area contributed by atoms with Gasteiger partial charge in [0.15, 0.2) is 0 Å². The van der Waals surface area contributed by atoms with Gasteiger partial charge >= 0.3 is 6.01 Å². The minimum Gasteiger partial charge on any atom is -0.497 e. The number of anilines is 1. The first kappa shape index (κ1) is 19.4. The predicted molar refractivity (Wildman–Crippen MR) is 109 cm³/mol. The maximum atomic E-state index is 12.0. The summed E-state index contributed by atoms with van der Waals surface area (Å²) in [6.07, 6.45) is 1.13. The average molecular weight is 448 g/mol. The summed E-state index contributed by atoms with van der Waals surface area (Å²) in [7, 11) is 1.64. The SMILES string of the molecule is COc1ccc(SCCCC(=O)Nc2nnc(-c3ccc(Br)cc3)o2)cc1. The van der Waals surface area contributed by atoms with Crippen molar-refractivity contribution in [3.8, 4) is 17.2 Å². The average Bonchev–Trinajstić information content (AvgIpc) is 3.14. The van der Waals surface area contributed by atoms with Gasteiger partial charge in [0.2, 0.25) is 11.8 Å². The summed E-state index contributed by atoms with van der Waals surface area (Å²) < 4.78 is 11.6. The van der Waals surface area contributed by atoms with Crippen LogP contribution in [0, 0.1) is 0 Å². The highest BCUT2D eigenvalue weighted by molar-refractivity contribution is 9.10. The number of benzene rings is 2. The van der Waals surface area contributed by atoms with Crippen LogP contribution in [0.4, 0.5) is 6.01 Å². The lowest BCUT2D eigenvalue weighted by Gasteiger charge is -2.03. The number of methoxy groups -OCH3 is 1. The fourth-order valence-corrected chi connectivity index (χ4v) is 3.38. The van der Waals surface area contributed by atoms with Crippen LogP contribution < -0.4 is 10.1 Å². The Bertz CT molecular complexity index is 882. The maximum absolute atomic E-state index is 12.0. The van der Waals surface area contributed by atoms with E-state index in [2.05, 4.69) is 31.4 Å². The van der Waals surface area contributed by atoms with Gasteiger partial charge in [0.05, 0.1) is 7.11 Å². The Balaban J connectivity index is 1.42. The first-order valence-corrected chi connectivity index (χ1v) is 10.1. The molecule has 0 radical (unpaired) electrons. The van der Waals surface area contributed by atoms with Crippen LogP contribution in [0.5, 0.6) is 5.75 Å². The van der Waals surface area contributed by atoms with Crippen LogP contribution in [0.2, 0.25) is 0 Å². The molecule has 1 heterocycles. The van der Waals surface area contributed by atoms with Gasteiger partial charge in [-0.15, -0.1) is 16.9 Å². The highest BCUT2D eigenvalue weighted by atomic mass is 79.9. The first-order chi connectivity index (χ1) is 13.1. The number of rotatable bonds is 8. The van der Waals surface area contributed by atoms with Crippen LogP contribution in [0.1, 0.15) is 12.8 Å². The number of nitrogens with one attached hydrogen (secondary N) is 1. The number of carbonyl (C=O) groups is 1. The van der Waals surface area contributed by atoms with Gasteiger partial charge in [0, 0.05) is 21.4 Å². The smallest absolute Gasteiger partial charge is 0.322 e. The minimum absolute atomic E-state index is 0.112. The molecule has 3 rings (SSSR count). The molecule has 2 aromatic carbocycles. The summed E-state index contributed by atoms with van der Waals surface area (Å²) >= 11 is 5.08. The van der Waals surface area contributed by atoms with Crippen molar-refractivity contribution in [2.45, 2.75) is 17.7 Å². The second-order valence-electron chi connectivity index (χ2n) is 5.59. The van der Waals surface area contributed by atoms with E-state index in [0.717, 1.165) is 32.9 Å². The lowest BCUT2D eigenvalue weighted by molar-refractivity contribution is -0.116. The van der Waals surface area contributed by atoms with Crippen LogP contribution in [-0.4, -0.2) is 29.0 Å². The van der Waals surface area contributed by atoms with Gasteiger partial charge in [-0.25, -0.2) is 0 Å². The molecule has 1 N–H and O–H groups in total. The molecule has 27 heavy (non-hydrogen) atoms. The fourth-order valence-electron chi connectivity index (χ4n) is 2.26. The number of carbonyl (C=O) groups excluding carboxylic acids is 1. The van der Waals surface area contributed by atoms with Crippen molar-refractivity contribution >= 4 is 39.6 Å². The summed E-state index contributed by atoms with van der Waals surface area (Å²) in [4.78, 5) is 13.2.